The third kappa shape index (κ3) is 4.35. The highest BCUT2D eigenvalue weighted by Gasteiger charge is 2.15. The largest absolute Gasteiger partial charge is 0.398 e. The van der Waals surface area contributed by atoms with E-state index in [2.05, 4.69) is 28.5 Å². The third-order valence-electron chi connectivity index (χ3n) is 3.82. The second-order valence-electron chi connectivity index (χ2n) is 5.74. The SMILES string of the molecule is [C-]#[N+]c1ccc(C#Cc2cc([N+](=O)[O-])c(C#Cc3ccccc3)cc2N)cc1. The van der Waals surface area contributed by atoms with E-state index in [4.69, 9.17) is 12.3 Å². The van der Waals surface area contributed by atoms with Gasteiger partial charge in [-0.2, -0.15) is 0 Å². The van der Waals surface area contributed by atoms with Crippen LogP contribution in [0, 0.1) is 40.4 Å². The molecule has 0 atom stereocenters. The van der Waals surface area contributed by atoms with Crippen molar-refractivity contribution < 1.29 is 4.92 Å². The molecule has 0 aromatic heterocycles. The van der Waals surface area contributed by atoms with Gasteiger partial charge in [-0.25, -0.2) is 4.85 Å². The second-order valence-corrected chi connectivity index (χ2v) is 5.74. The maximum absolute atomic E-state index is 11.5. The topological polar surface area (TPSA) is 73.5 Å². The van der Waals surface area contributed by atoms with E-state index in [0.717, 1.165) is 5.56 Å². The van der Waals surface area contributed by atoms with Crippen molar-refractivity contribution in [3.05, 3.63) is 111 Å². The Hall–Kier alpha value is -4.53. The zero-order valence-corrected chi connectivity index (χ0v) is 14.6. The van der Waals surface area contributed by atoms with Gasteiger partial charge < -0.3 is 5.73 Å². The molecular formula is C23H13N3O2. The smallest absolute Gasteiger partial charge is 0.286 e. The Morgan fingerprint density at radius 2 is 1.46 bits per heavy atom. The molecule has 0 aliphatic rings. The summed E-state index contributed by atoms with van der Waals surface area (Å²) in [5, 5.41) is 11.5. The van der Waals surface area contributed by atoms with Crippen LogP contribution in [0.15, 0.2) is 66.7 Å². The van der Waals surface area contributed by atoms with Gasteiger partial charge in [-0.05, 0) is 18.2 Å². The normalized spacial score (nSPS) is 9.25. The molecule has 0 aliphatic heterocycles. The summed E-state index contributed by atoms with van der Waals surface area (Å²) in [7, 11) is 0. The van der Waals surface area contributed by atoms with Crippen molar-refractivity contribution in [2.45, 2.75) is 0 Å². The Bertz CT molecular complexity index is 1200. The molecule has 0 heterocycles. The van der Waals surface area contributed by atoms with Crippen LogP contribution in [0.4, 0.5) is 17.1 Å². The van der Waals surface area contributed by atoms with Crippen LogP contribution in [-0.4, -0.2) is 4.92 Å². The van der Waals surface area contributed by atoms with E-state index in [9.17, 15) is 10.1 Å². The second kappa shape index (κ2) is 8.23. The van der Waals surface area contributed by atoms with Crippen molar-refractivity contribution in [1.82, 2.24) is 0 Å². The van der Waals surface area contributed by atoms with Gasteiger partial charge in [-0.3, -0.25) is 10.1 Å². The lowest BCUT2D eigenvalue weighted by Crippen LogP contribution is -1.98. The molecule has 2 N–H and O–H groups in total. The van der Waals surface area contributed by atoms with Gasteiger partial charge in [0.2, 0.25) is 0 Å². The van der Waals surface area contributed by atoms with Gasteiger partial charge in [-0.15, -0.1) is 0 Å². The highest BCUT2D eigenvalue weighted by Crippen LogP contribution is 2.24. The minimum absolute atomic E-state index is 0.148. The Balaban J connectivity index is 1.98. The number of nitro groups is 1. The van der Waals surface area contributed by atoms with Crippen LogP contribution in [0.2, 0.25) is 0 Å². The van der Waals surface area contributed by atoms with Crippen LogP contribution in [0.25, 0.3) is 4.85 Å². The summed E-state index contributed by atoms with van der Waals surface area (Å²) in [5.41, 5.74) is 8.74. The van der Waals surface area contributed by atoms with Crippen LogP contribution in [0.3, 0.4) is 0 Å². The van der Waals surface area contributed by atoms with Crippen LogP contribution >= 0.6 is 0 Å². The Kier molecular flexibility index (Phi) is 5.37. The van der Waals surface area contributed by atoms with E-state index < -0.39 is 4.92 Å². The first-order chi connectivity index (χ1) is 13.6. The number of hydrogen-bond acceptors (Lipinski definition) is 3. The Morgan fingerprint density at radius 3 is 2.07 bits per heavy atom. The molecule has 0 spiro atoms. The first-order valence-corrected chi connectivity index (χ1v) is 8.21. The summed E-state index contributed by atoms with van der Waals surface area (Å²) >= 11 is 0. The van der Waals surface area contributed by atoms with Gasteiger partial charge in [0.15, 0.2) is 5.69 Å². The predicted molar refractivity (Wildman–Crippen MR) is 109 cm³/mol. The molecule has 0 bridgehead atoms. The van der Waals surface area contributed by atoms with Crippen molar-refractivity contribution in [3.8, 4) is 23.7 Å². The van der Waals surface area contributed by atoms with Gasteiger partial charge in [0.05, 0.1) is 17.1 Å². The molecule has 5 heteroatoms. The first-order valence-electron chi connectivity index (χ1n) is 8.21. The lowest BCUT2D eigenvalue weighted by molar-refractivity contribution is -0.385. The quantitative estimate of drug-likeness (QED) is 0.227. The van der Waals surface area contributed by atoms with Crippen LogP contribution in [0.1, 0.15) is 22.3 Å². The lowest BCUT2D eigenvalue weighted by Gasteiger charge is -2.01. The van der Waals surface area contributed by atoms with Gasteiger partial charge in [0.25, 0.3) is 5.69 Å². The van der Waals surface area contributed by atoms with Crippen molar-refractivity contribution in [1.29, 1.82) is 0 Å². The summed E-state index contributed by atoms with van der Waals surface area (Å²) < 4.78 is 0. The molecule has 3 aromatic carbocycles. The van der Waals surface area contributed by atoms with E-state index in [1.807, 2.05) is 30.3 Å². The number of nitrogen functional groups attached to an aromatic ring is 1. The summed E-state index contributed by atoms with van der Waals surface area (Å²) in [6, 6.07) is 18.7. The summed E-state index contributed by atoms with van der Waals surface area (Å²) in [4.78, 5) is 14.3. The molecule has 0 saturated heterocycles. The van der Waals surface area contributed by atoms with Gasteiger partial charge in [-0.1, -0.05) is 66.1 Å². The van der Waals surface area contributed by atoms with E-state index >= 15 is 0 Å². The minimum Gasteiger partial charge on any atom is -0.398 e. The molecule has 5 nitrogen and oxygen atoms in total. The summed E-state index contributed by atoms with van der Waals surface area (Å²) in [6.45, 7) is 6.95. The van der Waals surface area contributed by atoms with Gasteiger partial charge >= 0.3 is 0 Å². The number of hydrogen-bond donors (Lipinski definition) is 1. The number of nitrogens with two attached hydrogens (primary N) is 1. The Morgan fingerprint density at radius 1 is 0.857 bits per heavy atom. The highest BCUT2D eigenvalue weighted by molar-refractivity contribution is 5.68. The van der Waals surface area contributed by atoms with Crippen molar-refractivity contribution >= 4 is 17.1 Å². The summed E-state index contributed by atoms with van der Waals surface area (Å²) in [5.74, 6) is 11.5. The molecule has 132 valence electrons. The Labute approximate surface area is 162 Å². The number of nitro benzene ring substituents is 1. The molecule has 3 aromatic rings. The molecule has 0 amide bonds. The zero-order chi connectivity index (χ0) is 19.9. The highest BCUT2D eigenvalue weighted by atomic mass is 16.6. The maximum Gasteiger partial charge on any atom is 0.286 e. The molecule has 0 fully saturated rings. The molecule has 0 aliphatic carbocycles. The van der Waals surface area contributed by atoms with Crippen molar-refractivity contribution in [2.75, 3.05) is 5.73 Å². The molecule has 0 radical (unpaired) electrons. The van der Waals surface area contributed by atoms with E-state index in [1.165, 1.54) is 12.1 Å². The van der Waals surface area contributed by atoms with Crippen LogP contribution < -0.4 is 5.73 Å². The average Bonchev–Trinajstić information content (AvgIpc) is 2.72. The fraction of sp³-hybridized carbons (Fsp3) is 0. The average molecular weight is 363 g/mol. The minimum atomic E-state index is -0.496. The standard InChI is InChI=1S/C23H13N3O2/c1-25-21-13-9-18(10-14-21)7-11-19-16-23(26(27)28)20(15-22(19)24)12-8-17-5-3-2-4-6-17/h2-6,9-10,13-16H,24H2. The predicted octanol–water partition coefficient (Wildman–Crippen LogP) is 4.53. The number of rotatable bonds is 1. The van der Waals surface area contributed by atoms with Crippen molar-refractivity contribution in [3.63, 3.8) is 0 Å². The summed E-state index contributed by atoms with van der Waals surface area (Å²) in [6.07, 6.45) is 0. The van der Waals surface area contributed by atoms with Gasteiger partial charge in [0.1, 0.15) is 5.56 Å². The van der Waals surface area contributed by atoms with E-state index in [0.29, 0.717) is 22.5 Å². The fourth-order valence-corrected chi connectivity index (χ4v) is 2.38. The van der Waals surface area contributed by atoms with Crippen LogP contribution in [0.5, 0.6) is 0 Å². The molecule has 0 unspecified atom stereocenters. The number of nitrogens with zero attached hydrogens (tertiary/aromatic N) is 2. The zero-order valence-electron chi connectivity index (χ0n) is 14.6. The maximum atomic E-state index is 11.5. The number of anilines is 1. The lowest BCUT2D eigenvalue weighted by atomic mass is 10.1. The van der Waals surface area contributed by atoms with Crippen LogP contribution in [-0.2, 0) is 0 Å². The molecule has 28 heavy (non-hydrogen) atoms. The monoisotopic (exact) mass is 363 g/mol. The van der Waals surface area contributed by atoms with E-state index in [1.54, 1.807) is 24.3 Å². The van der Waals surface area contributed by atoms with Gasteiger partial charge in [0, 0.05) is 22.9 Å². The molecule has 3 rings (SSSR count). The third-order valence-corrected chi connectivity index (χ3v) is 3.82. The molecule has 0 saturated carbocycles. The fourth-order valence-electron chi connectivity index (χ4n) is 2.38. The number of benzene rings is 3. The van der Waals surface area contributed by atoms with E-state index in [-0.39, 0.29) is 11.3 Å². The van der Waals surface area contributed by atoms with Crippen molar-refractivity contribution in [2.24, 2.45) is 0 Å². The first kappa shape index (κ1) is 18.3. The molecular weight excluding hydrogens is 350 g/mol.